The second-order valence-corrected chi connectivity index (χ2v) is 8.47. The third-order valence-corrected chi connectivity index (χ3v) is 5.98. The molecule has 2 N–H and O–H groups in total. The fourth-order valence-electron chi connectivity index (χ4n) is 2.76. The lowest BCUT2D eigenvalue weighted by molar-refractivity contribution is 0.0692. The Morgan fingerprint density at radius 1 is 1.03 bits per heavy atom. The van der Waals surface area contributed by atoms with Crippen LogP contribution in [-0.4, -0.2) is 41.4 Å². The lowest BCUT2D eigenvalue weighted by Crippen LogP contribution is -2.12. The summed E-state index contributed by atoms with van der Waals surface area (Å²) < 4.78 is 0. The van der Waals surface area contributed by atoms with Crippen molar-refractivity contribution in [3.8, 4) is 0 Å². The predicted molar refractivity (Wildman–Crippen MR) is 125 cm³/mol. The summed E-state index contributed by atoms with van der Waals surface area (Å²) >= 11 is 2.80. The van der Waals surface area contributed by atoms with Gasteiger partial charge in [-0.2, -0.15) is 0 Å². The Labute approximate surface area is 185 Å². The molecule has 0 spiro atoms. The average molecular weight is 441 g/mol. The van der Waals surface area contributed by atoms with E-state index in [1.807, 2.05) is 79.8 Å². The van der Waals surface area contributed by atoms with Crippen molar-refractivity contribution in [2.24, 2.45) is 0 Å². The number of nitrogens with zero attached hydrogens (tertiary/aromatic N) is 3. The summed E-state index contributed by atoms with van der Waals surface area (Å²) in [4.78, 5) is 23.0. The Bertz CT molecular complexity index is 996. The summed E-state index contributed by atoms with van der Waals surface area (Å²) in [5.74, 6) is -0.0602. The fourth-order valence-corrected chi connectivity index (χ4v) is 4.16. The Kier molecular flexibility index (Phi) is 7.59. The SMILES string of the molecule is CSc1nc(NCc2ccc(N(C)C)cc2)c(C(=O)O)c(SCc2ccccc2)n1. The van der Waals surface area contributed by atoms with E-state index in [9.17, 15) is 9.90 Å². The van der Waals surface area contributed by atoms with Gasteiger partial charge in [-0.25, -0.2) is 14.8 Å². The Morgan fingerprint density at radius 2 is 1.73 bits per heavy atom. The topological polar surface area (TPSA) is 78.4 Å². The minimum absolute atomic E-state index is 0.110. The van der Waals surface area contributed by atoms with Crippen molar-refractivity contribution in [1.29, 1.82) is 0 Å². The number of thioether (sulfide) groups is 2. The lowest BCUT2D eigenvalue weighted by Gasteiger charge is -2.15. The van der Waals surface area contributed by atoms with Crippen LogP contribution in [0.1, 0.15) is 21.5 Å². The van der Waals surface area contributed by atoms with Gasteiger partial charge in [0.15, 0.2) is 5.16 Å². The van der Waals surface area contributed by atoms with Gasteiger partial charge in [0.05, 0.1) is 0 Å². The van der Waals surface area contributed by atoms with E-state index in [1.54, 1.807) is 0 Å². The molecule has 0 aliphatic heterocycles. The third-order valence-electron chi connectivity index (χ3n) is 4.38. The van der Waals surface area contributed by atoms with Gasteiger partial charge in [0, 0.05) is 32.1 Å². The van der Waals surface area contributed by atoms with Gasteiger partial charge < -0.3 is 15.3 Å². The van der Waals surface area contributed by atoms with Crippen LogP contribution in [0.25, 0.3) is 0 Å². The number of carbonyl (C=O) groups is 1. The highest BCUT2D eigenvalue weighted by atomic mass is 32.2. The number of aromatic nitrogens is 2. The molecule has 0 saturated heterocycles. The van der Waals surface area contributed by atoms with Crippen LogP contribution in [0.15, 0.2) is 64.8 Å². The van der Waals surface area contributed by atoms with Crippen molar-refractivity contribution in [3.63, 3.8) is 0 Å². The second kappa shape index (κ2) is 10.4. The van der Waals surface area contributed by atoms with Gasteiger partial charge in [0.1, 0.15) is 16.4 Å². The van der Waals surface area contributed by atoms with Gasteiger partial charge in [-0.15, -0.1) is 11.8 Å². The monoisotopic (exact) mass is 440 g/mol. The van der Waals surface area contributed by atoms with E-state index < -0.39 is 5.97 Å². The fraction of sp³-hybridized carbons (Fsp3) is 0.227. The molecule has 0 amide bonds. The number of anilines is 2. The molecule has 0 unspecified atom stereocenters. The van der Waals surface area contributed by atoms with Crippen LogP contribution >= 0.6 is 23.5 Å². The first-order chi connectivity index (χ1) is 14.5. The minimum Gasteiger partial charge on any atom is -0.477 e. The first-order valence-electron chi connectivity index (χ1n) is 9.34. The normalized spacial score (nSPS) is 10.6. The van der Waals surface area contributed by atoms with Gasteiger partial charge in [0.2, 0.25) is 0 Å². The maximum atomic E-state index is 12.0. The summed E-state index contributed by atoms with van der Waals surface area (Å²) in [6.45, 7) is 0.474. The number of nitrogens with one attached hydrogen (secondary N) is 1. The van der Waals surface area contributed by atoms with Crippen LogP contribution < -0.4 is 10.2 Å². The largest absolute Gasteiger partial charge is 0.477 e. The summed E-state index contributed by atoms with van der Waals surface area (Å²) in [5, 5.41) is 14.1. The van der Waals surface area contributed by atoms with Gasteiger partial charge in [-0.05, 0) is 29.5 Å². The van der Waals surface area contributed by atoms with Crippen LogP contribution in [0.5, 0.6) is 0 Å². The van der Waals surface area contributed by atoms with Crippen molar-refractivity contribution in [2.75, 3.05) is 30.6 Å². The average Bonchev–Trinajstić information content (AvgIpc) is 2.76. The molecule has 0 aliphatic rings. The molecule has 1 aromatic heterocycles. The molecule has 6 nitrogen and oxygen atoms in total. The molecule has 156 valence electrons. The zero-order valence-electron chi connectivity index (χ0n) is 17.1. The highest BCUT2D eigenvalue weighted by molar-refractivity contribution is 7.99. The van der Waals surface area contributed by atoms with Crippen LogP contribution in [0.4, 0.5) is 11.5 Å². The Balaban J connectivity index is 1.84. The number of carboxylic acid groups (broad SMARTS) is 1. The highest BCUT2D eigenvalue weighted by Gasteiger charge is 2.21. The first-order valence-corrected chi connectivity index (χ1v) is 11.5. The first kappa shape index (κ1) is 22.0. The number of benzene rings is 2. The number of rotatable bonds is 9. The van der Waals surface area contributed by atoms with E-state index >= 15 is 0 Å². The standard InChI is InChI=1S/C22H24N4O2S2/c1-26(2)17-11-9-15(10-12-17)13-23-19-18(21(27)28)20(25-22(24-19)29-3)30-14-16-7-5-4-6-8-16/h4-12H,13-14H2,1-3H3,(H,27,28)(H,23,24,25). The molecule has 0 atom stereocenters. The molecule has 8 heteroatoms. The minimum atomic E-state index is -1.04. The molecule has 30 heavy (non-hydrogen) atoms. The molecule has 0 fully saturated rings. The van der Waals surface area contributed by atoms with E-state index in [0.29, 0.717) is 28.3 Å². The molecule has 0 aliphatic carbocycles. The summed E-state index contributed by atoms with van der Waals surface area (Å²) in [6, 6.07) is 18.0. The van der Waals surface area contributed by atoms with Crippen molar-refractivity contribution >= 4 is 41.0 Å². The smallest absolute Gasteiger partial charge is 0.342 e. The molecule has 3 rings (SSSR count). The van der Waals surface area contributed by atoms with E-state index in [1.165, 1.54) is 23.5 Å². The quantitative estimate of drug-likeness (QED) is 0.277. The van der Waals surface area contributed by atoms with Gasteiger partial charge in [-0.3, -0.25) is 0 Å². The Morgan fingerprint density at radius 3 is 2.33 bits per heavy atom. The molecule has 3 aromatic rings. The van der Waals surface area contributed by atoms with Gasteiger partial charge in [0.25, 0.3) is 0 Å². The van der Waals surface area contributed by atoms with Crippen molar-refractivity contribution in [1.82, 2.24) is 9.97 Å². The zero-order valence-corrected chi connectivity index (χ0v) is 18.8. The summed E-state index contributed by atoms with van der Waals surface area (Å²) in [5.41, 5.74) is 3.37. The number of hydrogen-bond donors (Lipinski definition) is 2. The van der Waals surface area contributed by atoms with Crippen LogP contribution in [-0.2, 0) is 12.3 Å². The van der Waals surface area contributed by atoms with E-state index in [4.69, 9.17) is 0 Å². The lowest BCUT2D eigenvalue weighted by atomic mass is 10.2. The predicted octanol–water partition coefficient (Wildman–Crippen LogP) is 4.87. The second-order valence-electron chi connectivity index (χ2n) is 6.73. The van der Waals surface area contributed by atoms with Crippen molar-refractivity contribution in [3.05, 3.63) is 71.3 Å². The molecule has 0 saturated carbocycles. The summed E-state index contributed by atoms with van der Waals surface area (Å²) in [6.07, 6.45) is 1.88. The van der Waals surface area contributed by atoms with Crippen LogP contribution in [0.2, 0.25) is 0 Å². The number of aromatic carboxylic acids is 1. The summed E-state index contributed by atoms with van der Waals surface area (Å²) in [7, 11) is 3.98. The Hall–Kier alpha value is -2.71. The molecule has 0 radical (unpaired) electrons. The van der Waals surface area contributed by atoms with Crippen LogP contribution in [0, 0.1) is 0 Å². The maximum absolute atomic E-state index is 12.0. The van der Waals surface area contributed by atoms with Gasteiger partial charge in [-0.1, -0.05) is 54.2 Å². The molecular weight excluding hydrogens is 416 g/mol. The number of hydrogen-bond acceptors (Lipinski definition) is 7. The zero-order chi connectivity index (χ0) is 21.5. The third kappa shape index (κ3) is 5.67. The molecule has 2 aromatic carbocycles. The van der Waals surface area contributed by atoms with E-state index in [0.717, 1.165) is 16.8 Å². The van der Waals surface area contributed by atoms with Crippen LogP contribution in [0.3, 0.4) is 0 Å². The van der Waals surface area contributed by atoms with Gasteiger partial charge >= 0.3 is 5.97 Å². The number of carboxylic acids is 1. The molecule has 0 bridgehead atoms. The molecular formula is C22H24N4O2S2. The maximum Gasteiger partial charge on any atom is 0.342 e. The van der Waals surface area contributed by atoms with E-state index in [2.05, 4.69) is 15.3 Å². The highest BCUT2D eigenvalue weighted by Crippen LogP contribution is 2.31. The van der Waals surface area contributed by atoms with E-state index in [-0.39, 0.29) is 5.56 Å². The van der Waals surface area contributed by atoms with Crippen molar-refractivity contribution < 1.29 is 9.90 Å². The molecule has 1 heterocycles. The van der Waals surface area contributed by atoms with Crippen molar-refractivity contribution in [2.45, 2.75) is 22.5 Å².